The summed E-state index contributed by atoms with van der Waals surface area (Å²) in [4.78, 5) is 22.8. The summed E-state index contributed by atoms with van der Waals surface area (Å²) < 4.78 is 4.72. The number of carbonyl (C=O) groups is 2. The van der Waals surface area contributed by atoms with Gasteiger partial charge in [0.25, 0.3) is 0 Å². The Bertz CT molecular complexity index is 420. The van der Waals surface area contributed by atoms with Crippen LogP contribution >= 0.6 is 11.8 Å². The quantitative estimate of drug-likeness (QED) is 0.802. The smallest absolute Gasteiger partial charge is 0.250 e. The zero-order valence-electron chi connectivity index (χ0n) is 11.1. The summed E-state index contributed by atoms with van der Waals surface area (Å²) >= 11 is 1.63. The number of anilines is 2. The summed E-state index contributed by atoms with van der Waals surface area (Å²) in [6.07, 6.45) is 2.46. The van der Waals surface area contributed by atoms with E-state index >= 15 is 0 Å². The minimum absolute atomic E-state index is 0.00878. The summed E-state index contributed by atoms with van der Waals surface area (Å²) in [5.41, 5.74) is 1.39. The van der Waals surface area contributed by atoms with Gasteiger partial charge in [0, 0.05) is 30.7 Å². The van der Waals surface area contributed by atoms with Gasteiger partial charge in [-0.2, -0.15) is 11.8 Å². The highest BCUT2D eigenvalue weighted by Crippen LogP contribution is 2.14. The van der Waals surface area contributed by atoms with E-state index in [0.29, 0.717) is 12.1 Å². The molecule has 1 rings (SSSR count). The van der Waals surface area contributed by atoms with Crippen LogP contribution in [0.25, 0.3) is 0 Å². The summed E-state index contributed by atoms with van der Waals surface area (Å²) in [6.45, 7) is 0.0210. The van der Waals surface area contributed by atoms with Crippen molar-refractivity contribution in [3.05, 3.63) is 24.3 Å². The van der Waals surface area contributed by atoms with Gasteiger partial charge in [0.05, 0.1) is 0 Å². The minimum atomic E-state index is -0.209. The number of hydrogen-bond acceptors (Lipinski definition) is 4. The Hall–Kier alpha value is -1.53. The molecule has 0 spiro atoms. The molecule has 104 valence electrons. The lowest BCUT2D eigenvalue weighted by Gasteiger charge is -2.07. The number of hydrogen-bond donors (Lipinski definition) is 2. The van der Waals surface area contributed by atoms with E-state index in [1.807, 2.05) is 6.26 Å². The van der Waals surface area contributed by atoms with Gasteiger partial charge in [0.1, 0.15) is 6.61 Å². The Morgan fingerprint density at radius 2 is 1.63 bits per heavy atom. The van der Waals surface area contributed by atoms with Gasteiger partial charge in [-0.1, -0.05) is 0 Å². The first-order valence-corrected chi connectivity index (χ1v) is 7.22. The number of rotatable bonds is 7. The van der Waals surface area contributed by atoms with E-state index in [9.17, 15) is 9.59 Å². The molecule has 0 fully saturated rings. The van der Waals surface area contributed by atoms with E-state index in [4.69, 9.17) is 4.74 Å². The Morgan fingerprint density at radius 3 is 2.11 bits per heavy atom. The average molecular weight is 282 g/mol. The third-order valence-corrected chi connectivity index (χ3v) is 2.87. The number of benzene rings is 1. The van der Waals surface area contributed by atoms with Crippen molar-refractivity contribution in [1.29, 1.82) is 0 Å². The third kappa shape index (κ3) is 6.26. The largest absolute Gasteiger partial charge is 0.375 e. The van der Waals surface area contributed by atoms with Crippen LogP contribution in [-0.4, -0.2) is 37.5 Å². The number of thioether (sulfide) groups is 1. The number of nitrogens with one attached hydrogen (secondary N) is 2. The molecule has 0 aromatic heterocycles. The van der Waals surface area contributed by atoms with Crippen molar-refractivity contribution in [2.45, 2.75) is 6.42 Å². The van der Waals surface area contributed by atoms with E-state index in [-0.39, 0.29) is 18.4 Å². The van der Waals surface area contributed by atoms with Gasteiger partial charge in [-0.25, -0.2) is 0 Å². The summed E-state index contributed by atoms with van der Waals surface area (Å²) in [6, 6.07) is 6.97. The molecule has 0 aliphatic heterocycles. The van der Waals surface area contributed by atoms with Crippen LogP contribution in [0.3, 0.4) is 0 Å². The van der Waals surface area contributed by atoms with Gasteiger partial charge < -0.3 is 15.4 Å². The van der Waals surface area contributed by atoms with E-state index in [1.165, 1.54) is 7.11 Å². The molecule has 0 radical (unpaired) electrons. The van der Waals surface area contributed by atoms with Crippen LogP contribution in [0.5, 0.6) is 0 Å². The van der Waals surface area contributed by atoms with Gasteiger partial charge in [-0.05, 0) is 30.5 Å². The molecule has 0 aliphatic carbocycles. The van der Waals surface area contributed by atoms with Crippen molar-refractivity contribution in [2.24, 2.45) is 0 Å². The lowest BCUT2D eigenvalue weighted by atomic mass is 10.2. The van der Waals surface area contributed by atoms with Crippen molar-refractivity contribution in [2.75, 3.05) is 36.4 Å². The number of amides is 2. The van der Waals surface area contributed by atoms with Crippen molar-refractivity contribution in [3.63, 3.8) is 0 Å². The van der Waals surface area contributed by atoms with Gasteiger partial charge in [-0.3, -0.25) is 9.59 Å². The molecule has 1 aromatic carbocycles. The number of carbonyl (C=O) groups excluding carboxylic acids is 2. The molecule has 0 heterocycles. The molecule has 0 atom stereocenters. The second kappa shape index (κ2) is 8.55. The maximum atomic E-state index is 11.5. The van der Waals surface area contributed by atoms with Crippen molar-refractivity contribution >= 4 is 35.0 Å². The van der Waals surface area contributed by atoms with Crippen LogP contribution in [0.4, 0.5) is 11.4 Å². The maximum Gasteiger partial charge on any atom is 0.250 e. The molecular weight excluding hydrogens is 264 g/mol. The van der Waals surface area contributed by atoms with Gasteiger partial charge in [0.15, 0.2) is 0 Å². The maximum absolute atomic E-state index is 11.5. The molecule has 0 bridgehead atoms. The molecule has 2 N–H and O–H groups in total. The van der Waals surface area contributed by atoms with Crippen LogP contribution in [0.2, 0.25) is 0 Å². The molecule has 19 heavy (non-hydrogen) atoms. The highest BCUT2D eigenvalue weighted by atomic mass is 32.2. The predicted molar refractivity (Wildman–Crippen MR) is 78.6 cm³/mol. The number of ether oxygens (including phenoxy) is 1. The Labute approximate surface area is 117 Å². The van der Waals surface area contributed by atoms with Crippen LogP contribution in [-0.2, 0) is 14.3 Å². The predicted octanol–water partition coefficient (Wildman–Crippen LogP) is 1.96. The molecule has 5 nitrogen and oxygen atoms in total. The highest BCUT2D eigenvalue weighted by molar-refractivity contribution is 7.98. The van der Waals surface area contributed by atoms with E-state index < -0.39 is 0 Å². The summed E-state index contributed by atoms with van der Waals surface area (Å²) in [5.74, 6) is 0.585. The van der Waals surface area contributed by atoms with Crippen LogP contribution in [0.15, 0.2) is 24.3 Å². The van der Waals surface area contributed by atoms with E-state index in [0.717, 1.165) is 11.4 Å². The second-order valence-electron chi connectivity index (χ2n) is 3.85. The molecule has 1 aromatic rings. The minimum Gasteiger partial charge on any atom is -0.375 e. The molecule has 0 unspecified atom stereocenters. The zero-order chi connectivity index (χ0) is 14.1. The lowest BCUT2D eigenvalue weighted by Crippen LogP contribution is -2.17. The van der Waals surface area contributed by atoms with Crippen LogP contribution in [0.1, 0.15) is 6.42 Å². The third-order valence-electron chi connectivity index (χ3n) is 2.26. The van der Waals surface area contributed by atoms with Crippen molar-refractivity contribution < 1.29 is 14.3 Å². The first-order valence-electron chi connectivity index (χ1n) is 5.83. The standard InChI is InChI=1S/C13H18N2O3S/c1-18-9-13(17)15-11-5-3-10(4-6-11)14-12(16)7-8-19-2/h3-6H,7-9H2,1-2H3,(H,14,16)(H,15,17). The molecule has 2 amide bonds. The van der Waals surface area contributed by atoms with E-state index in [1.54, 1.807) is 36.0 Å². The fraction of sp³-hybridized carbons (Fsp3) is 0.385. The normalized spacial score (nSPS) is 10.0. The van der Waals surface area contributed by atoms with Gasteiger partial charge >= 0.3 is 0 Å². The van der Waals surface area contributed by atoms with Crippen molar-refractivity contribution in [1.82, 2.24) is 0 Å². The van der Waals surface area contributed by atoms with Crippen molar-refractivity contribution in [3.8, 4) is 0 Å². The first-order chi connectivity index (χ1) is 9.15. The SMILES string of the molecule is COCC(=O)Nc1ccc(NC(=O)CCSC)cc1. The van der Waals surface area contributed by atoms with Gasteiger partial charge in [0.2, 0.25) is 11.8 Å². The van der Waals surface area contributed by atoms with Crippen LogP contribution < -0.4 is 10.6 Å². The fourth-order valence-corrected chi connectivity index (χ4v) is 1.77. The van der Waals surface area contributed by atoms with Gasteiger partial charge in [-0.15, -0.1) is 0 Å². The zero-order valence-corrected chi connectivity index (χ0v) is 11.9. The molecular formula is C13H18N2O3S. The monoisotopic (exact) mass is 282 g/mol. The highest BCUT2D eigenvalue weighted by Gasteiger charge is 2.03. The Balaban J connectivity index is 2.47. The summed E-state index contributed by atoms with van der Waals surface area (Å²) in [7, 11) is 1.47. The molecule has 0 aliphatic rings. The topological polar surface area (TPSA) is 67.4 Å². The first kappa shape index (κ1) is 15.5. The second-order valence-corrected chi connectivity index (χ2v) is 4.84. The fourth-order valence-electron chi connectivity index (χ4n) is 1.38. The number of methoxy groups -OCH3 is 1. The van der Waals surface area contributed by atoms with Crippen LogP contribution in [0, 0.1) is 0 Å². The lowest BCUT2D eigenvalue weighted by molar-refractivity contribution is -0.119. The Kier molecular flexibility index (Phi) is 6.99. The average Bonchev–Trinajstić information content (AvgIpc) is 2.39. The van der Waals surface area contributed by atoms with E-state index in [2.05, 4.69) is 10.6 Å². The molecule has 0 saturated carbocycles. The molecule has 6 heteroatoms. The Morgan fingerprint density at radius 1 is 1.11 bits per heavy atom. The summed E-state index contributed by atoms with van der Waals surface area (Å²) in [5, 5.41) is 5.47. The molecule has 0 saturated heterocycles.